The monoisotopic (exact) mass is 870 g/mol. The fourth-order valence-corrected chi connectivity index (χ4v) is 7.27. The highest BCUT2D eigenvalue weighted by Crippen LogP contribution is 2.35. The van der Waals surface area contributed by atoms with E-state index >= 15 is 0 Å². The van der Waals surface area contributed by atoms with Crippen LogP contribution in [0.2, 0.25) is 0 Å². The van der Waals surface area contributed by atoms with Gasteiger partial charge in [-0.15, -0.1) is 0 Å². The molecule has 348 valence electrons. The van der Waals surface area contributed by atoms with Gasteiger partial charge >= 0.3 is 0 Å². The van der Waals surface area contributed by atoms with Gasteiger partial charge in [-0.05, 0) is 11.8 Å². The first-order valence-electron chi connectivity index (χ1n) is 19.1. The van der Waals surface area contributed by atoms with E-state index in [0.717, 1.165) is 0 Å². The van der Waals surface area contributed by atoms with E-state index in [2.05, 4.69) is 0 Å². The van der Waals surface area contributed by atoms with E-state index < -0.39 is 186 Å². The predicted molar refractivity (Wildman–Crippen MR) is 186 cm³/mol. The standard InChI is InChI=1S/C34H62O25/c1-34(2,3)4-10(40)16(42)26(11(41)5-35)56-31-23(49)19(45)28(13(7-37)53-31)58-33-25(51)21(47)29(15(9-39)55-33)59-32-24(50)20(46)27(14(8-38)54-32)57-30-22(48)18(44)17(43)12(6-36)52-30/h10-33,35-51H,4-9H2,1-3H3/t10-,11+,12+,13+,14+,15+,16+,17+,18-,19+,20+,21+,22+,23+,24+,25+,26?,27+,28+,29+,30+,31+,32+,33+/m0/s1. The van der Waals surface area contributed by atoms with Crippen molar-refractivity contribution in [3.63, 3.8) is 0 Å². The number of aliphatic hydroxyl groups excluding tert-OH is 17. The summed E-state index contributed by atoms with van der Waals surface area (Å²) >= 11 is 0. The van der Waals surface area contributed by atoms with E-state index in [-0.39, 0.29) is 6.42 Å². The highest BCUT2D eigenvalue weighted by Gasteiger charge is 2.55. The summed E-state index contributed by atoms with van der Waals surface area (Å²) in [5, 5.41) is 178. The van der Waals surface area contributed by atoms with Crippen molar-refractivity contribution in [3.05, 3.63) is 0 Å². The highest BCUT2D eigenvalue weighted by atomic mass is 16.8. The minimum absolute atomic E-state index is 0.0116. The average Bonchev–Trinajstić information content (AvgIpc) is 3.20. The van der Waals surface area contributed by atoms with Crippen LogP contribution in [0.25, 0.3) is 0 Å². The molecule has 4 saturated heterocycles. The van der Waals surface area contributed by atoms with E-state index in [9.17, 15) is 86.8 Å². The molecule has 0 amide bonds. The molecule has 24 atom stereocenters. The van der Waals surface area contributed by atoms with Crippen LogP contribution in [-0.2, 0) is 37.9 Å². The van der Waals surface area contributed by atoms with Gasteiger partial charge in [0.15, 0.2) is 25.2 Å². The van der Waals surface area contributed by atoms with Crippen molar-refractivity contribution in [1.82, 2.24) is 0 Å². The summed E-state index contributed by atoms with van der Waals surface area (Å²) in [6, 6.07) is 0. The molecule has 25 nitrogen and oxygen atoms in total. The Balaban J connectivity index is 1.43. The lowest BCUT2D eigenvalue weighted by atomic mass is 9.86. The van der Waals surface area contributed by atoms with Crippen LogP contribution in [0.4, 0.5) is 0 Å². The summed E-state index contributed by atoms with van der Waals surface area (Å²) in [5.41, 5.74) is -0.503. The lowest BCUT2D eigenvalue weighted by Crippen LogP contribution is -2.67. The maximum absolute atomic E-state index is 11.1. The van der Waals surface area contributed by atoms with E-state index in [1.807, 2.05) is 0 Å². The maximum atomic E-state index is 11.1. The molecule has 0 saturated carbocycles. The summed E-state index contributed by atoms with van der Waals surface area (Å²) in [5.74, 6) is 0. The van der Waals surface area contributed by atoms with Crippen LogP contribution in [0.5, 0.6) is 0 Å². The van der Waals surface area contributed by atoms with Gasteiger partial charge in [0.05, 0.1) is 39.1 Å². The van der Waals surface area contributed by atoms with Crippen molar-refractivity contribution in [3.8, 4) is 0 Å². The van der Waals surface area contributed by atoms with Crippen LogP contribution >= 0.6 is 0 Å². The van der Waals surface area contributed by atoms with Gasteiger partial charge in [-0.3, -0.25) is 0 Å². The molecule has 0 aromatic carbocycles. The third-order valence-electron chi connectivity index (χ3n) is 10.6. The first kappa shape index (κ1) is 50.6. The largest absolute Gasteiger partial charge is 0.394 e. The second-order valence-corrected chi connectivity index (χ2v) is 16.3. The first-order valence-corrected chi connectivity index (χ1v) is 19.1. The fraction of sp³-hybridized carbons (Fsp3) is 1.00. The van der Waals surface area contributed by atoms with Gasteiger partial charge in [0, 0.05) is 0 Å². The molecule has 1 unspecified atom stereocenters. The number of rotatable bonds is 17. The topological polar surface area (TPSA) is 418 Å². The fourth-order valence-electron chi connectivity index (χ4n) is 7.27. The third-order valence-corrected chi connectivity index (χ3v) is 10.6. The normalized spacial score (nSPS) is 45.8. The Morgan fingerprint density at radius 3 is 1.14 bits per heavy atom. The molecule has 59 heavy (non-hydrogen) atoms. The summed E-state index contributed by atoms with van der Waals surface area (Å²) in [6.07, 6.45) is -44.1. The van der Waals surface area contributed by atoms with Crippen LogP contribution < -0.4 is 0 Å². The highest BCUT2D eigenvalue weighted by molar-refractivity contribution is 4.98. The van der Waals surface area contributed by atoms with Crippen molar-refractivity contribution in [2.45, 2.75) is 174 Å². The van der Waals surface area contributed by atoms with Gasteiger partial charge in [-0.2, -0.15) is 0 Å². The molecular weight excluding hydrogens is 808 g/mol. The quantitative estimate of drug-likeness (QED) is 0.0645. The molecule has 0 aromatic rings. The smallest absolute Gasteiger partial charge is 0.187 e. The summed E-state index contributed by atoms with van der Waals surface area (Å²) in [6.45, 7) is 0.649. The van der Waals surface area contributed by atoms with Crippen LogP contribution in [0.1, 0.15) is 27.2 Å². The van der Waals surface area contributed by atoms with Gasteiger partial charge in [-0.25, -0.2) is 0 Å². The van der Waals surface area contributed by atoms with E-state index in [1.165, 1.54) is 0 Å². The Bertz CT molecular complexity index is 1240. The van der Waals surface area contributed by atoms with Crippen molar-refractivity contribution < 1.29 is 125 Å². The lowest BCUT2D eigenvalue weighted by molar-refractivity contribution is -0.390. The zero-order chi connectivity index (χ0) is 44.3. The van der Waals surface area contributed by atoms with Gasteiger partial charge in [0.25, 0.3) is 0 Å². The number of ether oxygens (including phenoxy) is 8. The first-order chi connectivity index (χ1) is 27.6. The molecular formula is C34H62O25. The number of aliphatic hydroxyl groups is 17. The lowest BCUT2D eigenvalue weighted by Gasteiger charge is -2.49. The van der Waals surface area contributed by atoms with Crippen LogP contribution in [-0.4, -0.2) is 267 Å². The van der Waals surface area contributed by atoms with Crippen LogP contribution in [0.3, 0.4) is 0 Å². The molecule has 4 rings (SSSR count). The summed E-state index contributed by atoms with van der Waals surface area (Å²) < 4.78 is 44.3. The minimum atomic E-state index is -2.12. The SMILES string of the molecule is CC(C)(C)C[C@H](O)[C@@H](O)C(O[C@H]1O[C@H](CO)[C@@H](O[C@H]2O[C@H](CO)[C@@H](O[C@H]3O[C@H](CO)[C@@H](O[C@H]4O[C@H](CO)[C@@H](O)[C@H](O)[C@H]4O)[C@H](O)[C@H]3O)[C@H](O)[C@H]2O)[C@H](O)[C@H]1O)[C@H](O)CO. The Labute approximate surface area is 337 Å². The Morgan fingerprint density at radius 1 is 0.441 bits per heavy atom. The molecule has 4 fully saturated rings. The van der Waals surface area contributed by atoms with Crippen LogP contribution in [0, 0.1) is 5.41 Å². The van der Waals surface area contributed by atoms with E-state index in [0.29, 0.717) is 0 Å². The number of hydrogen-bond donors (Lipinski definition) is 17. The summed E-state index contributed by atoms with van der Waals surface area (Å²) in [4.78, 5) is 0. The molecule has 0 aromatic heterocycles. The zero-order valence-corrected chi connectivity index (χ0v) is 32.5. The van der Waals surface area contributed by atoms with Crippen molar-refractivity contribution >= 4 is 0 Å². The molecule has 4 heterocycles. The summed E-state index contributed by atoms with van der Waals surface area (Å²) in [7, 11) is 0. The Morgan fingerprint density at radius 2 is 0.780 bits per heavy atom. The molecule has 0 spiro atoms. The van der Waals surface area contributed by atoms with Gasteiger partial charge in [-0.1, -0.05) is 20.8 Å². The Hall–Kier alpha value is -1.00. The molecule has 0 radical (unpaired) electrons. The van der Waals surface area contributed by atoms with Gasteiger partial charge in [0.2, 0.25) is 0 Å². The predicted octanol–water partition coefficient (Wildman–Crippen LogP) is -9.84. The zero-order valence-electron chi connectivity index (χ0n) is 32.5. The van der Waals surface area contributed by atoms with Gasteiger partial charge < -0.3 is 125 Å². The minimum Gasteiger partial charge on any atom is -0.394 e. The van der Waals surface area contributed by atoms with Crippen molar-refractivity contribution in [2.24, 2.45) is 5.41 Å². The van der Waals surface area contributed by atoms with Crippen molar-refractivity contribution in [1.29, 1.82) is 0 Å². The molecule has 17 N–H and O–H groups in total. The van der Waals surface area contributed by atoms with Crippen molar-refractivity contribution in [2.75, 3.05) is 33.0 Å². The van der Waals surface area contributed by atoms with Crippen LogP contribution in [0.15, 0.2) is 0 Å². The molecule has 4 aliphatic heterocycles. The second-order valence-electron chi connectivity index (χ2n) is 16.3. The second kappa shape index (κ2) is 21.6. The third kappa shape index (κ3) is 11.6. The molecule has 0 aliphatic carbocycles. The Kier molecular flexibility index (Phi) is 18.5. The molecule has 25 heteroatoms. The van der Waals surface area contributed by atoms with E-state index in [4.69, 9.17) is 37.9 Å². The molecule has 0 bridgehead atoms. The van der Waals surface area contributed by atoms with Gasteiger partial charge in [0.1, 0.15) is 116 Å². The van der Waals surface area contributed by atoms with E-state index in [1.54, 1.807) is 20.8 Å². The molecule has 4 aliphatic rings. The number of hydrogen-bond acceptors (Lipinski definition) is 25. The average molecular weight is 871 g/mol. The maximum Gasteiger partial charge on any atom is 0.187 e.